The first kappa shape index (κ1) is 21.2. The van der Waals surface area contributed by atoms with Gasteiger partial charge in [-0.15, -0.1) is 24.8 Å². The molecule has 0 aromatic heterocycles. The van der Waals surface area contributed by atoms with Gasteiger partial charge < -0.3 is 15.4 Å². The Balaban J connectivity index is 0.00000144. The highest BCUT2D eigenvalue weighted by molar-refractivity contribution is 5.85. The van der Waals surface area contributed by atoms with Crippen LogP contribution < -0.4 is 10.6 Å². The number of amides is 1. The number of carbonyl (C=O) groups is 1. The molecule has 2 aliphatic heterocycles. The van der Waals surface area contributed by atoms with Gasteiger partial charge in [0.05, 0.1) is 6.61 Å². The molecule has 1 fully saturated rings. The Morgan fingerprint density at radius 3 is 2.83 bits per heavy atom. The zero-order valence-corrected chi connectivity index (χ0v) is 15.6. The second kappa shape index (κ2) is 10.2. The van der Waals surface area contributed by atoms with Crippen LogP contribution in [-0.4, -0.2) is 55.7 Å². The lowest BCUT2D eigenvalue weighted by Gasteiger charge is -2.34. The first-order valence-electron chi connectivity index (χ1n) is 8.15. The Labute approximate surface area is 156 Å². The van der Waals surface area contributed by atoms with Crippen molar-refractivity contribution in [1.82, 2.24) is 15.5 Å². The van der Waals surface area contributed by atoms with E-state index < -0.39 is 0 Å². The summed E-state index contributed by atoms with van der Waals surface area (Å²) in [5.41, 5.74) is 2.86. The number of benzene rings is 1. The average Bonchev–Trinajstić information content (AvgIpc) is 2.59. The summed E-state index contributed by atoms with van der Waals surface area (Å²) < 4.78 is 5.48. The third-order valence-corrected chi connectivity index (χ3v) is 4.58. The minimum atomic E-state index is -0.344. The Morgan fingerprint density at radius 2 is 2.12 bits per heavy atom. The summed E-state index contributed by atoms with van der Waals surface area (Å²) in [6, 6.07) is 8.95. The maximum absolute atomic E-state index is 12.1. The fourth-order valence-corrected chi connectivity index (χ4v) is 3.12. The maximum Gasteiger partial charge on any atom is 0.250 e. The molecule has 24 heavy (non-hydrogen) atoms. The van der Waals surface area contributed by atoms with Crippen LogP contribution in [0.25, 0.3) is 0 Å². The second-order valence-electron chi connectivity index (χ2n) is 6.15. The molecule has 7 heteroatoms. The molecule has 1 aromatic carbocycles. The zero-order valence-electron chi connectivity index (χ0n) is 14.0. The summed E-state index contributed by atoms with van der Waals surface area (Å²) in [7, 11) is 0. The highest BCUT2D eigenvalue weighted by Gasteiger charge is 2.24. The van der Waals surface area contributed by atoms with E-state index in [2.05, 4.69) is 46.7 Å². The highest BCUT2D eigenvalue weighted by atomic mass is 35.5. The molecule has 0 aliphatic carbocycles. The van der Waals surface area contributed by atoms with Crippen LogP contribution in [0.1, 0.15) is 18.1 Å². The van der Waals surface area contributed by atoms with Crippen molar-refractivity contribution in [1.29, 1.82) is 0 Å². The molecule has 1 amide bonds. The molecule has 1 aromatic rings. The van der Waals surface area contributed by atoms with Crippen molar-refractivity contribution in [2.45, 2.75) is 32.0 Å². The lowest BCUT2D eigenvalue weighted by atomic mass is 9.99. The lowest BCUT2D eigenvalue weighted by Crippen LogP contribution is -2.51. The number of hydrogen-bond acceptors (Lipinski definition) is 4. The summed E-state index contributed by atoms with van der Waals surface area (Å²) >= 11 is 0. The van der Waals surface area contributed by atoms with E-state index in [4.69, 9.17) is 4.74 Å². The summed E-state index contributed by atoms with van der Waals surface area (Å²) in [5, 5.41) is 6.21. The summed E-state index contributed by atoms with van der Waals surface area (Å²) in [4.78, 5) is 14.5. The van der Waals surface area contributed by atoms with Crippen molar-refractivity contribution in [2.24, 2.45) is 0 Å². The van der Waals surface area contributed by atoms with Crippen LogP contribution in [0.15, 0.2) is 24.3 Å². The summed E-state index contributed by atoms with van der Waals surface area (Å²) in [5.74, 6) is -0.00328. The van der Waals surface area contributed by atoms with E-state index in [0.29, 0.717) is 25.7 Å². The number of morpholine rings is 1. The molecule has 2 heterocycles. The van der Waals surface area contributed by atoms with Crippen LogP contribution in [0.2, 0.25) is 0 Å². The van der Waals surface area contributed by atoms with Crippen molar-refractivity contribution < 1.29 is 9.53 Å². The smallest absolute Gasteiger partial charge is 0.250 e. The van der Waals surface area contributed by atoms with Crippen LogP contribution in [-0.2, 0) is 22.5 Å². The van der Waals surface area contributed by atoms with Gasteiger partial charge in [0.1, 0.15) is 6.10 Å². The van der Waals surface area contributed by atoms with Gasteiger partial charge in [0, 0.05) is 38.8 Å². The Hall–Kier alpha value is -0.850. The molecule has 0 radical (unpaired) electrons. The first-order chi connectivity index (χ1) is 10.7. The monoisotopic (exact) mass is 375 g/mol. The van der Waals surface area contributed by atoms with E-state index in [1.165, 1.54) is 11.1 Å². The van der Waals surface area contributed by atoms with Crippen molar-refractivity contribution in [3.63, 3.8) is 0 Å². The maximum atomic E-state index is 12.1. The molecule has 0 spiro atoms. The summed E-state index contributed by atoms with van der Waals surface area (Å²) in [6.45, 7) is 6.90. The summed E-state index contributed by atoms with van der Waals surface area (Å²) in [6.07, 6.45) is 0.743. The highest BCUT2D eigenvalue weighted by Crippen LogP contribution is 2.19. The predicted molar refractivity (Wildman–Crippen MR) is 100 cm³/mol. The molecule has 2 unspecified atom stereocenters. The van der Waals surface area contributed by atoms with Gasteiger partial charge in [0.25, 0.3) is 5.91 Å². The number of fused-ring (bicyclic) bond motifs is 1. The second-order valence-corrected chi connectivity index (χ2v) is 6.15. The van der Waals surface area contributed by atoms with Gasteiger partial charge >= 0.3 is 0 Å². The van der Waals surface area contributed by atoms with E-state index in [0.717, 1.165) is 26.1 Å². The standard InChI is InChI=1S/C17H25N3O2.2ClH/c1-13(10-19-17(21)16-11-18-7-9-22-16)20-8-6-14-4-2-3-5-15(14)12-20;;/h2-5,13,16,18H,6-12H2,1H3,(H,19,21);2*1H. The zero-order chi connectivity index (χ0) is 15.4. The number of nitrogens with zero attached hydrogens (tertiary/aromatic N) is 1. The minimum absolute atomic E-state index is 0. The number of rotatable bonds is 4. The number of nitrogens with one attached hydrogen (secondary N) is 2. The van der Waals surface area contributed by atoms with E-state index in [1.54, 1.807) is 0 Å². The fourth-order valence-electron chi connectivity index (χ4n) is 3.12. The minimum Gasteiger partial charge on any atom is -0.366 e. The van der Waals surface area contributed by atoms with Gasteiger partial charge in [-0.2, -0.15) is 0 Å². The van der Waals surface area contributed by atoms with Gasteiger partial charge in [0.15, 0.2) is 0 Å². The lowest BCUT2D eigenvalue weighted by molar-refractivity contribution is -0.134. The number of ether oxygens (including phenoxy) is 1. The predicted octanol–water partition coefficient (Wildman–Crippen LogP) is 1.38. The van der Waals surface area contributed by atoms with E-state index in [9.17, 15) is 4.79 Å². The van der Waals surface area contributed by atoms with Gasteiger partial charge in [-0.1, -0.05) is 24.3 Å². The quantitative estimate of drug-likeness (QED) is 0.834. The average molecular weight is 376 g/mol. The van der Waals surface area contributed by atoms with E-state index in [-0.39, 0.29) is 36.8 Å². The number of carbonyl (C=O) groups excluding carboxylic acids is 1. The molecule has 2 atom stereocenters. The molecule has 2 aliphatic rings. The van der Waals surface area contributed by atoms with Gasteiger partial charge in [-0.25, -0.2) is 0 Å². The first-order valence-corrected chi connectivity index (χ1v) is 8.15. The van der Waals surface area contributed by atoms with Crippen LogP contribution >= 0.6 is 24.8 Å². The molecular formula is C17H27Cl2N3O2. The van der Waals surface area contributed by atoms with Crippen LogP contribution in [0, 0.1) is 0 Å². The molecule has 136 valence electrons. The fraction of sp³-hybridized carbons (Fsp3) is 0.588. The Morgan fingerprint density at radius 1 is 1.38 bits per heavy atom. The van der Waals surface area contributed by atoms with Crippen molar-refractivity contribution in [3.05, 3.63) is 35.4 Å². The van der Waals surface area contributed by atoms with Gasteiger partial charge in [-0.3, -0.25) is 9.69 Å². The van der Waals surface area contributed by atoms with Crippen molar-refractivity contribution in [2.75, 3.05) is 32.8 Å². The Bertz CT molecular complexity index is 524. The third-order valence-electron chi connectivity index (χ3n) is 4.58. The van der Waals surface area contributed by atoms with Crippen LogP contribution in [0.5, 0.6) is 0 Å². The molecule has 0 saturated carbocycles. The van der Waals surface area contributed by atoms with Crippen LogP contribution in [0.4, 0.5) is 0 Å². The van der Waals surface area contributed by atoms with Crippen molar-refractivity contribution in [3.8, 4) is 0 Å². The third kappa shape index (κ3) is 5.33. The topological polar surface area (TPSA) is 53.6 Å². The van der Waals surface area contributed by atoms with Crippen LogP contribution in [0.3, 0.4) is 0 Å². The SMILES string of the molecule is CC(CNC(=O)C1CNCCO1)N1CCc2ccccc2C1.Cl.Cl. The molecule has 5 nitrogen and oxygen atoms in total. The van der Waals surface area contributed by atoms with Gasteiger partial charge in [0.2, 0.25) is 0 Å². The van der Waals surface area contributed by atoms with Crippen molar-refractivity contribution >= 4 is 30.7 Å². The van der Waals surface area contributed by atoms with E-state index in [1.807, 2.05) is 0 Å². The Kier molecular flexibility index (Phi) is 9.02. The number of hydrogen-bond donors (Lipinski definition) is 2. The normalized spacial score (nSPS) is 21.6. The molecule has 1 saturated heterocycles. The molecule has 2 N–H and O–H groups in total. The number of halogens is 2. The molecule has 3 rings (SSSR count). The molecule has 0 bridgehead atoms. The van der Waals surface area contributed by atoms with E-state index >= 15 is 0 Å². The largest absolute Gasteiger partial charge is 0.366 e. The van der Waals surface area contributed by atoms with Gasteiger partial charge in [-0.05, 0) is 24.5 Å². The molecular weight excluding hydrogens is 349 g/mol.